The van der Waals surface area contributed by atoms with Gasteiger partial charge in [0, 0.05) is 0 Å². The van der Waals surface area contributed by atoms with Gasteiger partial charge in [-0.2, -0.15) is 9.59 Å². The Morgan fingerprint density at radius 1 is 0.532 bits per heavy atom. The summed E-state index contributed by atoms with van der Waals surface area (Å²) in [6, 6.07) is 9.30. The van der Waals surface area contributed by atoms with Crippen LogP contribution in [0.4, 0.5) is 9.59 Å². The van der Waals surface area contributed by atoms with Crippen LogP contribution in [-0.4, -0.2) is 64.9 Å². The van der Waals surface area contributed by atoms with Crippen LogP contribution in [0.15, 0.2) is 36.4 Å². The number of hydrogen-bond acceptors (Lipinski definition) is 14. The maximum Gasteiger partial charge on any atom is 0.550 e. The minimum absolute atomic E-state index is 0.0353. The molecule has 0 bridgehead atoms. The van der Waals surface area contributed by atoms with Crippen molar-refractivity contribution in [3.63, 3.8) is 0 Å². The van der Waals surface area contributed by atoms with E-state index in [-0.39, 0.29) is 34.8 Å². The van der Waals surface area contributed by atoms with E-state index in [0.29, 0.717) is 49.0 Å². The lowest BCUT2D eigenvalue weighted by Crippen LogP contribution is -2.28. The van der Waals surface area contributed by atoms with Crippen molar-refractivity contribution in [2.24, 2.45) is 11.8 Å². The number of hydrogen-bond donors (Lipinski definition) is 0. The number of methoxy groups -OCH3 is 4. The van der Waals surface area contributed by atoms with Crippen LogP contribution in [0.25, 0.3) is 0 Å². The normalized spacial score (nSPS) is 20.5. The van der Waals surface area contributed by atoms with Crippen molar-refractivity contribution >= 4 is 24.2 Å². The first-order valence-electron chi connectivity index (χ1n) is 15.4. The first-order valence-corrected chi connectivity index (χ1v) is 15.4. The Morgan fingerprint density at radius 3 is 1.26 bits per heavy atom. The van der Waals surface area contributed by atoms with E-state index in [1.165, 1.54) is 40.6 Å². The third kappa shape index (κ3) is 9.56. The molecule has 0 spiro atoms. The number of rotatable bonds is 10. The van der Waals surface area contributed by atoms with Gasteiger partial charge in [0.25, 0.3) is 0 Å². The third-order valence-electron chi connectivity index (χ3n) is 8.40. The molecule has 0 unspecified atom stereocenters. The summed E-state index contributed by atoms with van der Waals surface area (Å²) in [5, 5.41) is 0. The molecular formula is C33H40O14. The van der Waals surface area contributed by atoms with Crippen molar-refractivity contribution < 1.29 is 67.1 Å². The molecule has 0 saturated heterocycles. The Kier molecular flexibility index (Phi) is 12.8. The second-order valence-corrected chi connectivity index (χ2v) is 11.2. The average Bonchev–Trinajstić information content (AvgIpc) is 3.10. The summed E-state index contributed by atoms with van der Waals surface area (Å²) in [5.74, 6) is 0.0772. The fraction of sp³-hybridized carbons (Fsp3) is 0.515. The number of benzene rings is 2. The van der Waals surface area contributed by atoms with Crippen molar-refractivity contribution in [1.29, 1.82) is 0 Å². The van der Waals surface area contributed by atoms with E-state index in [9.17, 15) is 19.2 Å². The Bertz CT molecular complexity index is 1270. The molecule has 14 heteroatoms. The lowest BCUT2D eigenvalue weighted by molar-refractivity contribution is -0.208. The first-order chi connectivity index (χ1) is 22.8. The maximum atomic E-state index is 12.4. The van der Waals surface area contributed by atoms with E-state index in [1.54, 1.807) is 24.3 Å². The lowest BCUT2D eigenvalue weighted by Gasteiger charge is -2.33. The van der Waals surface area contributed by atoms with Crippen molar-refractivity contribution in [3.05, 3.63) is 47.5 Å². The standard InChI is InChI=1S/C33H40O14/c1-38-26-9-5-7-24(28(26)40-3)30(34)44-46-32(36)42-22-15-11-20(12-16-22)19-21-13-17-23(18-14-21)43-33(37)47-45-31(35)25-8-6-10-27(39-2)29(25)41-4/h5-10,20-23H,11-19H2,1-4H3. The van der Waals surface area contributed by atoms with E-state index in [1.807, 2.05) is 0 Å². The van der Waals surface area contributed by atoms with Crippen molar-refractivity contribution in [1.82, 2.24) is 0 Å². The predicted octanol–water partition coefficient (Wildman–Crippen LogP) is 6.38. The molecule has 2 aromatic rings. The molecule has 2 aromatic carbocycles. The molecule has 2 saturated carbocycles. The van der Waals surface area contributed by atoms with Crippen LogP contribution in [0, 0.1) is 11.8 Å². The zero-order valence-corrected chi connectivity index (χ0v) is 26.9. The molecule has 0 atom stereocenters. The highest BCUT2D eigenvalue weighted by atomic mass is 17.2. The van der Waals surface area contributed by atoms with Gasteiger partial charge in [0.2, 0.25) is 0 Å². The van der Waals surface area contributed by atoms with Crippen LogP contribution in [0.2, 0.25) is 0 Å². The Hall–Kier alpha value is -4.88. The Labute approximate surface area is 272 Å². The van der Waals surface area contributed by atoms with Crippen LogP contribution in [0.3, 0.4) is 0 Å². The Morgan fingerprint density at radius 2 is 0.915 bits per heavy atom. The van der Waals surface area contributed by atoms with Gasteiger partial charge in [-0.15, -0.1) is 0 Å². The van der Waals surface area contributed by atoms with Gasteiger partial charge in [-0.1, -0.05) is 12.1 Å². The fourth-order valence-electron chi connectivity index (χ4n) is 6.08. The van der Waals surface area contributed by atoms with Crippen molar-refractivity contribution in [2.45, 2.75) is 70.0 Å². The van der Waals surface area contributed by atoms with Crippen molar-refractivity contribution in [2.75, 3.05) is 28.4 Å². The van der Waals surface area contributed by atoms with Gasteiger partial charge in [-0.25, -0.2) is 29.1 Å². The molecule has 2 aliphatic carbocycles. The van der Waals surface area contributed by atoms with Gasteiger partial charge in [0.05, 0.1) is 28.4 Å². The molecule has 0 heterocycles. The quantitative estimate of drug-likeness (QED) is 0.157. The van der Waals surface area contributed by atoms with Crippen molar-refractivity contribution in [3.8, 4) is 23.0 Å². The summed E-state index contributed by atoms with van der Waals surface area (Å²) in [6.45, 7) is 0. The highest BCUT2D eigenvalue weighted by Gasteiger charge is 2.31. The fourth-order valence-corrected chi connectivity index (χ4v) is 6.08. The summed E-state index contributed by atoms with van der Waals surface area (Å²) in [6.07, 6.45) is 4.37. The minimum Gasteiger partial charge on any atom is -0.493 e. The molecule has 2 fully saturated rings. The number of ether oxygens (including phenoxy) is 6. The molecule has 0 N–H and O–H groups in total. The summed E-state index contributed by atoms with van der Waals surface area (Å²) in [4.78, 5) is 67.6. The topological polar surface area (TPSA) is 161 Å². The molecule has 47 heavy (non-hydrogen) atoms. The largest absolute Gasteiger partial charge is 0.550 e. The molecule has 0 aromatic heterocycles. The molecule has 0 aliphatic heterocycles. The van der Waals surface area contributed by atoms with Gasteiger partial charge in [-0.3, -0.25) is 0 Å². The highest BCUT2D eigenvalue weighted by Crippen LogP contribution is 2.37. The van der Waals surface area contributed by atoms with E-state index < -0.39 is 24.2 Å². The maximum absolute atomic E-state index is 12.4. The number of para-hydroxylation sites is 2. The Balaban J connectivity index is 1.10. The van der Waals surface area contributed by atoms with Gasteiger partial charge in [0.1, 0.15) is 23.3 Å². The molecule has 2 aliphatic rings. The van der Waals surface area contributed by atoms with Gasteiger partial charge in [0.15, 0.2) is 23.0 Å². The van der Waals surface area contributed by atoms with E-state index in [4.69, 9.17) is 28.4 Å². The SMILES string of the molecule is COc1cccc(C(=O)OOC(=O)OC2CCC(CC3CCC(OC(=O)OOC(=O)c4cccc(OC)c4OC)CC3)CC2)c1OC. The van der Waals surface area contributed by atoms with Crippen LogP contribution in [0.5, 0.6) is 23.0 Å². The number of carbonyl (C=O) groups excluding carboxylic acids is 4. The molecule has 14 nitrogen and oxygen atoms in total. The molecule has 4 rings (SSSR count). The number of carbonyl (C=O) groups is 4. The summed E-state index contributed by atoms with van der Waals surface area (Å²) < 4.78 is 31.4. The molecule has 0 radical (unpaired) electrons. The predicted molar refractivity (Wildman–Crippen MR) is 161 cm³/mol. The van der Waals surface area contributed by atoms with Crippen LogP contribution < -0.4 is 18.9 Å². The third-order valence-corrected chi connectivity index (χ3v) is 8.40. The first kappa shape index (κ1) is 35.0. The zero-order chi connectivity index (χ0) is 33.8. The van der Waals surface area contributed by atoms with Crippen LogP contribution >= 0.6 is 0 Å². The van der Waals surface area contributed by atoms with E-state index in [0.717, 1.165) is 32.1 Å². The van der Waals surface area contributed by atoms with Crippen LogP contribution in [-0.2, 0) is 29.0 Å². The summed E-state index contributed by atoms with van der Waals surface area (Å²) in [7, 11) is 5.63. The van der Waals surface area contributed by atoms with Gasteiger partial charge >= 0.3 is 24.2 Å². The van der Waals surface area contributed by atoms with Gasteiger partial charge < -0.3 is 28.4 Å². The molecular weight excluding hydrogens is 620 g/mol. The average molecular weight is 661 g/mol. The molecule has 256 valence electrons. The minimum atomic E-state index is -1.09. The van der Waals surface area contributed by atoms with E-state index in [2.05, 4.69) is 19.6 Å². The smallest absolute Gasteiger partial charge is 0.493 e. The monoisotopic (exact) mass is 660 g/mol. The van der Waals surface area contributed by atoms with Crippen LogP contribution in [0.1, 0.15) is 78.5 Å². The highest BCUT2D eigenvalue weighted by molar-refractivity contribution is 5.94. The summed E-state index contributed by atoms with van der Waals surface area (Å²) >= 11 is 0. The summed E-state index contributed by atoms with van der Waals surface area (Å²) in [5.41, 5.74) is 0.0705. The second-order valence-electron chi connectivity index (χ2n) is 11.2. The van der Waals surface area contributed by atoms with Gasteiger partial charge in [-0.05, 0) is 93.9 Å². The van der Waals surface area contributed by atoms with E-state index >= 15 is 0 Å². The molecule has 0 amide bonds. The second kappa shape index (κ2) is 17.2. The zero-order valence-electron chi connectivity index (χ0n) is 26.9. The lowest BCUT2D eigenvalue weighted by atomic mass is 9.76.